The number of anilines is 1. The first kappa shape index (κ1) is 22.3. The third-order valence-electron chi connectivity index (χ3n) is 5.24. The van der Waals surface area contributed by atoms with E-state index in [4.69, 9.17) is 4.74 Å². The van der Waals surface area contributed by atoms with Gasteiger partial charge in [-0.3, -0.25) is 9.59 Å². The van der Waals surface area contributed by atoms with Gasteiger partial charge in [0, 0.05) is 17.7 Å². The molecule has 1 N–H and O–H groups in total. The summed E-state index contributed by atoms with van der Waals surface area (Å²) in [5.74, 6) is 0.434. The fourth-order valence-corrected chi connectivity index (χ4v) is 3.32. The molecule has 0 heterocycles. The van der Waals surface area contributed by atoms with Crippen molar-refractivity contribution >= 4 is 17.6 Å². The highest BCUT2D eigenvalue weighted by Crippen LogP contribution is 2.19. The molecule has 31 heavy (non-hydrogen) atoms. The molecule has 0 aromatic heterocycles. The van der Waals surface area contributed by atoms with Crippen LogP contribution in [0.25, 0.3) is 0 Å². The number of aryl methyl sites for hydroxylation is 3. The lowest BCUT2D eigenvalue weighted by molar-refractivity contribution is -0.134. The number of carbonyl (C=O) groups excluding carboxylic acids is 2. The summed E-state index contributed by atoms with van der Waals surface area (Å²) >= 11 is 0. The van der Waals surface area contributed by atoms with Gasteiger partial charge in [0.2, 0.25) is 0 Å². The summed E-state index contributed by atoms with van der Waals surface area (Å²) < 4.78 is 5.41. The molecular weight excluding hydrogens is 386 g/mol. The van der Waals surface area contributed by atoms with Crippen LogP contribution in [-0.4, -0.2) is 11.9 Å². The molecule has 1 amide bonds. The number of hydrogen-bond donors (Lipinski definition) is 1. The largest absolute Gasteiger partial charge is 0.427 e. The van der Waals surface area contributed by atoms with Crippen molar-refractivity contribution in [3.8, 4) is 5.75 Å². The predicted molar refractivity (Wildman–Crippen MR) is 125 cm³/mol. The summed E-state index contributed by atoms with van der Waals surface area (Å²) in [6.45, 7) is 8.29. The first-order valence-electron chi connectivity index (χ1n) is 10.6. The monoisotopic (exact) mass is 415 g/mol. The van der Waals surface area contributed by atoms with Crippen LogP contribution in [0.5, 0.6) is 5.75 Å². The normalized spacial score (nSPS) is 10.7. The standard InChI is InChI=1S/C27H29NO3/c1-18(2)22-9-6-21(7-10-22)8-16-26(29)31-24-13-11-23(12-14-24)27(30)28-25-15-5-19(3)17-20(25)4/h5-7,9-15,17-18H,8,16H2,1-4H3,(H,28,30). The zero-order valence-electron chi connectivity index (χ0n) is 18.6. The highest BCUT2D eigenvalue weighted by molar-refractivity contribution is 6.04. The molecule has 0 bridgehead atoms. The van der Waals surface area contributed by atoms with Crippen LogP contribution in [0, 0.1) is 13.8 Å². The molecule has 0 fully saturated rings. The van der Waals surface area contributed by atoms with Gasteiger partial charge in [0.15, 0.2) is 0 Å². The molecule has 0 saturated carbocycles. The van der Waals surface area contributed by atoms with Crippen molar-refractivity contribution in [2.45, 2.75) is 46.5 Å². The summed E-state index contributed by atoms with van der Waals surface area (Å²) in [6.07, 6.45) is 0.934. The maximum Gasteiger partial charge on any atom is 0.311 e. The molecule has 3 aromatic carbocycles. The summed E-state index contributed by atoms with van der Waals surface area (Å²) in [5.41, 5.74) is 5.84. The topological polar surface area (TPSA) is 55.4 Å². The van der Waals surface area contributed by atoms with Crippen LogP contribution in [0.4, 0.5) is 5.69 Å². The lowest BCUT2D eigenvalue weighted by atomic mass is 10.0. The van der Waals surface area contributed by atoms with E-state index in [2.05, 4.69) is 43.4 Å². The van der Waals surface area contributed by atoms with Crippen molar-refractivity contribution in [2.24, 2.45) is 0 Å². The van der Waals surface area contributed by atoms with Crippen molar-refractivity contribution < 1.29 is 14.3 Å². The van der Waals surface area contributed by atoms with E-state index in [0.29, 0.717) is 30.1 Å². The maximum atomic E-state index is 12.5. The Bertz CT molecular complexity index is 1050. The van der Waals surface area contributed by atoms with E-state index in [1.54, 1.807) is 24.3 Å². The fourth-order valence-electron chi connectivity index (χ4n) is 3.32. The van der Waals surface area contributed by atoms with Crippen LogP contribution in [0.3, 0.4) is 0 Å². The van der Waals surface area contributed by atoms with Gasteiger partial charge in [-0.1, -0.05) is 55.8 Å². The molecular formula is C27H29NO3. The van der Waals surface area contributed by atoms with Gasteiger partial charge in [-0.15, -0.1) is 0 Å². The third-order valence-corrected chi connectivity index (χ3v) is 5.24. The minimum atomic E-state index is -0.291. The van der Waals surface area contributed by atoms with Crippen LogP contribution in [0.1, 0.15) is 58.8 Å². The van der Waals surface area contributed by atoms with E-state index < -0.39 is 0 Å². The van der Waals surface area contributed by atoms with Crippen molar-refractivity contribution in [3.05, 3.63) is 94.5 Å². The van der Waals surface area contributed by atoms with Crippen LogP contribution in [-0.2, 0) is 11.2 Å². The molecule has 0 spiro atoms. The first-order chi connectivity index (χ1) is 14.8. The van der Waals surface area contributed by atoms with Gasteiger partial charge in [0.25, 0.3) is 5.91 Å². The van der Waals surface area contributed by atoms with E-state index in [0.717, 1.165) is 22.4 Å². The zero-order chi connectivity index (χ0) is 22.4. The second-order valence-corrected chi connectivity index (χ2v) is 8.17. The minimum absolute atomic E-state index is 0.199. The molecule has 160 valence electrons. The molecule has 0 atom stereocenters. The van der Waals surface area contributed by atoms with Gasteiger partial charge >= 0.3 is 5.97 Å². The number of ether oxygens (including phenoxy) is 1. The Kier molecular flexibility index (Phi) is 7.24. The second-order valence-electron chi connectivity index (χ2n) is 8.17. The quantitative estimate of drug-likeness (QED) is 0.368. The van der Waals surface area contributed by atoms with E-state index in [1.807, 2.05) is 32.0 Å². The maximum absolute atomic E-state index is 12.5. The SMILES string of the molecule is Cc1ccc(NC(=O)c2ccc(OC(=O)CCc3ccc(C(C)C)cc3)cc2)c(C)c1. The highest BCUT2D eigenvalue weighted by Gasteiger charge is 2.10. The fraction of sp³-hybridized carbons (Fsp3) is 0.259. The number of esters is 1. The summed E-state index contributed by atoms with van der Waals surface area (Å²) in [6, 6.07) is 20.8. The molecule has 4 heteroatoms. The molecule has 0 unspecified atom stereocenters. The second kappa shape index (κ2) is 10.1. The van der Waals surface area contributed by atoms with Gasteiger partial charge in [0.05, 0.1) is 0 Å². The number of nitrogens with one attached hydrogen (secondary N) is 1. The molecule has 3 rings (SSSR count). The lowest BCUT2D eigenvalue weighted by Crippen LogP contribution is -2.13. The van der Waals surface area contributed by atoms with Crippen LogP contribution in [0.15, 0.2) is 66.7 Å². The minimum Gasteiger partial charge on any atom is -0.427 e. The van der Waals surface area contributed by atoms with E-state index in [9.17, 15) is 9.59 Å². The number of carbonyl (C=O) groups is 2. The average Bonchev–Trinajstić information content (AvgIpc) is 2.75. The molecule has 4 nitrogen and oxygen atoms in total. The molecule has 3 aromatic rings. The number of benzene rings is 3. The Morgan fingerprint density at radius 1 is 0.903 bits per heavy atom. The lowest BCUT2D eigenvalue weighted by Gasteiger charge is -2.10. The summed E-state index contributed by atoms with van der Waals surface area (Å²) in [4.78, 5) is 24.7. The van der Waals surface area contributed by atoms with Gasteiger partial charge in [-0.05, 0) is 73.2 Å². The van der Waals surface area contributed by atoms with E-state index >= 15 is 0 Å². The van der Waals surface area contributed by atoms with Crippen LogP contribution >= 0.6 is 0 Å². The number of rotatable bonds is 7. The van der Waals surface area contributed by atoms with Crippen molar-refractivity contribution in [3.63, 3.8) is 0 Å². The molecule has 0 radical (unpaired) electrons. The summed E-state index contributed by atoms with van der Waals surface area (Å²) in [5, 5.41) is 2.92. The smallest absolute Gasteiger partial charge is 0.311 e. The predicted octanol–water partition coefficient (Wildman–Crippen LogP) is 6.22. The van der Waals surface area contributed by atoms with Crippen LogP contribution in [0.2, 0.25) is 0 Å². The molecule has 0 saturated heterocycles. The van der Waals surface area contributed by atoms with Gasteiger partial charge in [-0.25, -0.2) is 0 Å². The highest BCUT2D eigenvalue weighted by atomic mass is 16.5. The Hall–Kier alpha value is -3.40. The number of hydrogen-bond acceptors (Lipinski definition) is 3. The van der Waals surface area contributed by atoms with Crippen molar-refractivity contribution in [1.82, 2.24) is 0 Å². The molecule has 0 aliphatic rings. The van der Waals surface area contributed by atoms with Gasteiger partial charge < -0.3 is 10.1 Å². The molecule has 0 aliphatic heterocycles. The zero-order valence-corrected chi connectivity index (χ0v) is 18.6. The Balaban J connectivity index is 1.52. The Morgan fingerprint density at radius 2 is 1.58 bits per heavy atom. The van der Waals surface area contributed by atoms with Crippen molar-refractivity contribution in [2.75, 3.05) is 5.32 Å². The van der Waals surface area contributed by atoms with Crippen molar-refractivity contribution in [1.29, 1.82) is 0 Å². The summed E-state index contributed by atoms with van der Waals surface area (Å²) in [7, 11) is 0. The first-order valence-corrected chi connectivity index (χ1v) is 10.6. The third kappa shape index (κ3) is 6.29. The number of amides is 1. The van der Waals surface area contributed by atoms with Gasteiger partial charge in [-0.2, -0.15) is 0 Å². The van der Waals surface area contributed by atoms with E-state index in [-0.39, 0.29) is 11.9 Å². The molecule has 0 aliphatic carbocycles. The Morgan fingerprint density at radius 3 is 2.19 bits per heavy atom. The van der Waals surface area contributed by atoms with Crippen LogP contribution < -0.4 is 10.1 Å². The Labute approximate surface area is 184 Å². The van der Waals surface area contributed by atoms with E-state index in [1.165, 1.54) is 5.56 Å². The average molecular weight is 416 g/mol. The van der Waals surface area contributed by atoms with Gasteiger partial charge in [0.1, 0.15) is 5.75 Å².